The molecule has 1 aromatic carbocycles. The van der Waals surface area contributed by atoms with E-state index in [2.05, 4.69) is 10.5 Å². The van der Waals surface area contributed by atoms with Gasteiger partial charge in [-0.25, -0.2) is 0 Å². The van der Waals surface area contributed by atoms with E-state index in [0.717, 1.165) is 43.0 Å². The number of hydrogen-bond acceptors (Lipinski definition) is 4. The Morgan fingerprint density at radius 1 is 1.10 bits per heavy atom. The van der Waals surface area contributed by atoms with Crippen LogP contribution in [-0.2, 0) is 19.0 Å². The molecule has 160 valence electrons. The summed E-state index contributed by atoms with van der Waals surface area (Å²) >= 11 is 0. The number of nitrogens with one attached hydrogen (secondary N) is 1. The lowest BCUT2D eigenvalue weighted by Gasteiger charge is -2.32. The van der Waals surface area contributed by atoms with E-state index < -0.39 is 17.6 Å². The van der Waals surface area contributed by atoms with Crippen LogP contribution >= 0.6 is 0 Å². The number of hydrogen-bond donors (Lipinski definition) is 1. The van der Waals surface area contributed by atoms with Gasteiger partial charge < -0.3 is 14.7 Å². The summed E-state index contributed by atoms with van der Waals surface area (Å²) in [4.78, 5) is 26.7. The second kappa shape index (κ2) is 8.12. The van der Waals surface area contributed by atoms with Crippen LogP contribution in [0.15, 0.2) is 28.8 Å². The van der Waals surface area contributed by atoms with E-state index in [1.165, 1.54) is 23.1 Å². The molecule has 30 heavy (non-hydrogen) atoms. The van der Waals surface area contributed by atoms with Crippen LogP contribution in [0.25, 0.3) is 0 Å². The van der Waals surface area contributed by atoms with Crippen LogP contribution in [0.4, 0.5) is 13.2 Å². The zero-order valence-corrected chi connectivity index (χ0v) is 16.3. The van der Waals surface area contributed by atoms with Gasteiger partial charge in [0.15, 0.2) is 0 Å². The molecule has 9 heteroatoms. The van der Waals surface area contributed by atoms with Crippen molar-refractivity contribution in [2.45, 2.75) is 50.7 Å². The molecule has 1 aliphatic heterocycles. The van der Waals surface area contributed by atoms with Crippen molar-refractivity contribution in [1.82, 2.24) is 15.4 Å². The molecule has 0 unspecified atom stereocenters. The number of fused-ring (bicyclic) bond motifs is 1. The maximum absolute atomic E-state index is 13.2. The monoisotopic (exact) mass is 421 g/mol. The van der Waals surface area contributed by atoms with Gasteiger partial charge in [-0.1, -0.05) is 17.3 Å². The van der Waals surface area contributed by atoms with E-state index in [-0.39, 0.29) is 36.4 Å². The number of carbonyl (C=O) groups is 2. The Kier molecular flexibility index (Phi) is 5.53. The number of piperidine rings is 1. The van der Waals surface area contributed by atoms with Gasteiger partial charge in [0, 0.05) is 24.7 Å². The molecule has 1 N–H and O–H groups in total. The molecule has 1 fully saturated rings. The third kappa shape index (κ3) is 4.06. The highest BCUT2D eigenvalue weighted by Gasteiger charge is 2.36. The Bertz CT molecular complexity index is 946. The normalized spacial score (nSPS) is 17.5. The maximum Gasteiger partial charge on any atom is 0.417 e. The molecular formula is C21H22F3N3O3. The SMILES string of the molecule is O=C(NC1CCN(C(=O)c2ccccc2C(F)(F)F)CC1)c1onc2c1CCCC2. The van der Waals surface area contributed by atoms with E-state index >= 15 is 0 Å². The number of halogens is 3. The Labute approximate surface area is 171 Å². The zero-order chi connectivity index (χ0) is 21.3. The fourth-order valence-corrected chi connectivity index (χ4v) is 4.13. The fourth-order valence-electron chi connectivity index (χ4n) is 4.13. The van der Waals surface area contributed by atoms with E-state index in [1.54, 1.807) is 0 Å². The molecule has 1 aliphatic carbocycles. The molecule has 1 saturated heterocycles. The molecule has 0 atom stereocenters. The van der Waals surface area contributed by atoms with Crippen molar-refractivity contribution >= 4 is 11.8 Å². The highest BCUT2D eigenvalue weighted by molar-refractivity contribution is 5.96. The number of aromatic nitrogens is 1. The van der Waals surface area contributed by atoms with Gasteiger partial charge in [0.25, 0.3) is 11.8 Å². The minimum atomic E-state index is -4.59. The molecule has 0 radical (unpaired) electrons. The summed E-state index contributed by atoms with van der Waals surface area (Å²) in [7, 11) is 0. The summed E-state index contributed by atoms with van der Waals surface area (Å²) in [5.74, 6) is -0.711. The van der Waals surface area contributed by atoms with E-state index in [4.69, 9.17) is 4.52 Å². The summed E-state index contributed by atoms with van der Waals surface area (Å²) < 4.78 is 44.9. The predicted octanol–water partition coefficient (Wildman–Crippen LogP) is 3.61. The molecule has 0 spiro atoms. The molecule has 2 aromatic rings. The topological polar surface area (TPSA) is 75.4 Å². The standard InChI is InChI=1S/C21H22F3N3O3/c22-21(23,24)16-7-3-1-5-14(16)20(29)27-11-9-13(10-12-27)25-19(28)18-15-6-2-4-8-17(15)26-30-18/h1,3,5,7,13H,2,4,6,8-12H2,(H,25,28). The lowest BCUT2D eigenvalue weighted by atomic mass is 9.95. The molecule has 0 bridgehead atoms. The number of aryl methyl sites for hydroxylation is 1. The van der Waals surface area contributed by atoms with Gasteiger partial charge >= 0.3 is 6.18 Å². The Morgan fingerprint density at radius 3 is 2.53 bits per heavy atom. The van der Waals surface area contributed by atoms with Crippen molar-refractivity contribution in [1.29, 1.82) is 0 Å². The van der Waals surface area contributed by atoms with Crippen molar-refractivity contribution in [3.63, 3.8) is 0 Å². The quantitative estimate of drug-likeness (QED) is 0.822. The molecular weight excluding hydrogens is 399 g/mol. The van der Waals surface area contributed by atoms with Crippen molar-refractivity contribution in [3.8, 4) is 0 Å². The Hall–Kier alpha value is -2.84. The van der Waals surface area contributed by atoms with E-state index in [0.29, 0.717) is 12.8 Å². The average molecular weight is 421 g/mol. The molecule has 6 nitrogen and oxygen atoms in total. The Balaban J connectivity index is 1.37. The van der Waals surface area contributed by atoms with Crippen molar-refractivity contribution in [2.24, 2.45) is 0 Å². The molecule has 2 amide bonds. The number of nitrogens with zero attached hydrogens (tertiary/aromatic N) is 2. The summed E-state index contributed by atoms with van der Waals surface area (Å²) in [5.41, 5.74) is 0.437. The van der Waals surface area contributed by atoms with Crippen LogP contribution in [-0.4, -0.2) is 41.0 Å². The summed E-state index contributed by atoms with van der Waals surface area (Å²) in [6.45, 7) is 0.537. The predicted molar refractivity (Wildman–Crippen MR) is 101 cm³/mol. The van der Waals surface area contributed by atoms with Crippen LogP contribution < -0.4 is 5.32 Å². The molecule has 2 heterocycles. The first-order valence-corrected chi connectivity index (χ1v) is 10.1. The average Bonchev–Trinajstić information content (AvgIpc) is 3.17. The fraction of sp³-hybridized carbons (Fsp3) is 0.476. The number of amides is 2. The Morgan fingerprint density at radius 2 is 1.80 bits per heavy atom. The molecule has 1 aromatic heterocycles. The number of carbonyl (C=O) groups excluding carboxylic acids is 2. The van der Waals surface area contributed by atoms with E-state index in [9.17, 15) is 22.8 Å². The third-order valence-electron chi connectivity index (χ3n) is 5.75. The zero-order valence-electron chi connectivity index (χ0n) is 16.3. The highest BCUT2D eigenvalue weighted by Crippen LogP contribution is 2.32. The second-order valence-electron chi connectivity index (χ2n) is 7.73. The van der Waals surface area contributed by atoms with Crippen LogP contribution in [0.3, 0.4) is 0 Å². The summed E-state index contributed by atoms with van der Waals surface area (Å²) in [5, 5.41) is 6.90. The lowest BCUT2D eigenvalue weighted by Crippen LogP contribution is -2.47. The second-order valence-corrected chi connectivity index (χ2v) is 7.73. The van der Waals surface area contributed by atoms with Crippen molar-refractivity contribution in [2.75, 3.05) is 13.1 Å². The van der Waals surface area contributed by atoms with E-state index in [1.807, 2.05) is 0 Å². The summed E-state index contributed by atoms with van der Waals surface area (Å²) in [6, 6.07) is 4.63. The summed E-state index contributed by atoms with van der Waals surface area (Å²) in [6.07, 6.45) is -0.0587. The highest BCUT2D eigenvalue weighted by atomic mass is 19.4. The smallest absolute Gasteiger partial charge is 0.350 e. The first kappa shape index (κ1) is 20.4. The van der Waals surface area contributed by atoms with Gasteiger partial charge in [0.1, 0.15) is 0 Å². The van der Waals surface area contributed by atoms with Gasteiger partial charge in [-0.3, -0.25) is 9.59 Å². The van der Waals surface area contributed by atoms with Crippen molar-refractivity contribution < 1.29 is 27.3 Å². The minimum Gasteiger partial charge on any atom is -0.350 e. The van der Waals surface area contributed by atoms with Gasteiger partial charge in [0.05, 0.1) is 16.8 Å². The van der Waals surface area contributed by atoms with Crippen molar-refractivity contribution in [3.05, 3.63) is 52.4 Å². The molecule has 0 saturated carbocycles. The molecule has 4 rings (SSSR count). The maximum atomic E-state index is 13.2. The number of benzene rings is 1. The minimum absolute atomic E-state index is 0.177. The van der Waals surface area contributed by atoms with Gasteiger partial charge in [0.2, 0.25) is 5.76 Å². The molecule has 2 aliphatic rings. The third-order valence-corrected chi connectivity index (χ3v) is 5.75. The van der Waals surface area contributed by atoms with Crippen LogP contribution in [0.5, 0.6) is 0 Å². The van der Waals surface area contributed by atoms with Gasteiger partial charge in [-0.15, -0.1) is 0 Å². The van der Waals surface area contributed by atoms with Crippen LogP contribution in [0, 0.1) is 0 Å². The van der Waals surface area contributed by atoms with Gasteiger partial charge in [-0.2, -0.15) is 13.2 Å². The van der Waals surface area contributed by atoms with Gasteiger partial charge in [-0.05, 0) is 50.7 Å². The first-order chi connectivity index (χ1) is 14.3. The van der Waals surface area contributed by atoms with Crippen LogP contribution in [0.1, 0.15) is 63.4 Å². The lowest BCUT2D eigenvalue weighted by molar-refractivity contribution is -0.138. The number of alkyl halides is 3. The number of likely N-dealkylation sites (tertiary alicyclic amines) is 1. The largest absolute Gasteiger partial charge is 0.417 e. The van der Waals surface area contributed by atoms with Crippen LogP contribution in [0.2, 0.25) is 0 Å². The first-order valence-electron chi connectivity index (χ1n) is 10.1. The number of rotatable bonds is 3.